The van der Waals surface area contributed by atoms with Crippen molar-refractivity contribution in [3.63, 3.8) is 0 Å². The Labute approximate surface area is 96.0 Å². The van der Waals surface area contributed by atoms with E-state index in [1.807, 2.05) is 23.7 Å². The zero-order valence-electron chi connectivity index (χ0n) is 10.4. The molecule has 0 aliphatic rings. The van der Waals surface area contributed by atoms with Gasteiger partial charge in [-0.15, -0.1) is 0 Å². The summed E-state index contributed by atoms with van der Waals surface area (Å²) in [7, 11) is 5.20. The zero-order valence-corrected chi connectivity index (χ0v) is 10.4. The van der Waals surface area contributed by atoms with Crippen molar-refractivity contribution in [3.8, 4) is 0 Å². The number of esters is 1. The maximum Gasteiger partial charge on any atom is 0.319 e. The van der Waals surface area contributed by atoms with Crippen molar-refractivity contribution in [1.29, 1.82) is 0 Å². The van der Waals surface area contributed by atoms with E-state index in [1.54, 1.807) is 0 Å². The van der Waals surface area contributed by atoms with Gasteiger partial charge in [0.2, 0.25) is 0 Å². The van der Waals surface area contributed by atoms with E-state index in [0.29, 0.717) is 13.1 Å². The molecule has 1 heterocycles. The largest absolute Gasteiger partial charge is 0.468 e. The Morgan fingerprint density at radius 1 is 1.62 bits per heavy atom. The molecule has 0 amide bonds. The number of aryl methyl sites for hydroxylation is 2. The first kappa shape index (κ1) is 12.7. The minimum absolute atomic E-state index is 0.222. The van der Waals surface area contributed by atoms with Gasteiger partial charge < -0.3 is 4.74 Å². The van der Waals surface area contributed by atoms with Crippen LogP contribution < -0.4 is 0 Å². The number of methoxy groups -OCH3 is 1. The maximum atomic E-state index is 11.1. The Morgan fingerprint density at radius 3 is 2.81 bits per heavy atom. The molecular weight excluding hydrogens is 206 g/mol. The highest BCUT2D eigenvalue weighted by Crippen LogP contribution is 2.06. The van der Waals surface area contributed by atoms with Crippen molar-refractivity contribution in [3.05, 3.63) is 17.5 Å². The lowest BCUT2D eigenvalue weighted by molar-refractivity contribution is -0.141. The van der Waals surface area contributed by atoms with Crippen LogP contribution in [-0.4, -0.2) is 41.4 Å². The summed E-state index contributed by atoms with van der Waals surface area (Å²) in [6, 6.07) is 2.06. The van der Waals surface area contributed by atoms with Crippen LogP contribution in [0.1, 0.15) is 18.3 Å². The number of likely N-dealkylation sites (N-methyl/N-ethyl adjacent to an activating group) is 1. The molecule has 1 rings (SSSR count). The van der Waals surface area contributed by atoms with Crippen LogP contribution in [0.15, 0.2) is 6.07 Å². The van der Waals surface area contributed by atoms with Gasteiger partial charge in [0, 0.05) is 13.6 Å². The van der Waals surface area contributed by atoms with Gasteiger partial charge in [-0.1, -0.05) is 6.92 Å². The molecule has 0 aliphatic heterocycles. The molecule has 0 N–H and O–H groups in total. The average Bonchev–Trinajstić information content (AvgIpc) is 2.59. The molecule has 0 spiro atoms. The van der Waals surface area contributed by atoms with E-state index >= 15 is 0 Å². The van der Waals surface area contributed by atoms with Gasteiger partial charge in [0.05, 0.1) is 25.0 Å². The highest BCUT2D eigenvalue weighted by molar-refractivity contribution is 5.71. The average molecular weight is 225 g/mol. The van der Waals surface area contributed by atoms with E-state index in [1.165, 1.54) is 7.11 Å². The summed E-state index contributed by atoms with van der Waals surface area (Å²) < 4.78 is 6.47. The third kappa shape index (κ3) is 3.34. The lowest BCUT2D eigenvalue weighted by Gasteiger charge is -2.14. The molecule has 0 aliphatic carbocycles. The normalized spacial score (nSPS) is 10.8. The number of ether oxygens (including phenoxy) is 1. The molecule has 0 bridgehead atoms. The Morgan fingerprint density at radius 2 is 2.31 bits per heavy atom. The standard InChI is InChI=1S/C11H19N3O2/c1-5-9-6-10(14(3)12-9)7-13(2)8-11(15)16-4/h6H,5,7-8H2,1-4H3. The van der Waals surface area contributed by atoms with Crippen LogP contribution in [0.3, 0.4) is 0 Å². The van der Waals surface area contributed by atoms with E-state index in [2.05, 4.69) is 22.8 Å². The van der Waals surface area contributed by atoms with Crippen LogP contribution in [0.5, 0.6) is 0 Å². The third-order valence-corrected chi connectivity index (χ3v) is 2.45. The molecule has 0 atom stereocenters. The van der Waals surface area contributed by atoms with Crippen molar-refractivity contribution in [2.45, 2.75) is 19.9 Å². The predicted octanol–water partition coefficient (Wildman–Crippen LogP) is 0.587. The van der Waals surface area contributed by atoms with E-state index in [-0.39, 0.29) is 5.97 Å². The summed E-state index contributed by atoms with van der Waals surface area (Å²) in [5.41, 5.74) is 2.17. The van der Waals surface area contributed by atoms with Crippen LogP contribution in [-0.2, 0) is 29.5 Å². The molecule has 0 fully saturated rings. The highest BCUT2D eigenvalue weighted by atomic mass is 16.5. The predicted molar refractivity (Wildman–Crippen MR) is 60.9 cm³/mol. The smallest absolute Gasteiger partial charge is 0.319 e. The monoisotopic (exact) mass is 225 g/mol. The summed E-state index contributed by atoms with van der Waals surface area (Å²) >= 11 is 0. The molecule has 0 saturated carbocycles. The van der Waals surface area contributed by atoms with Crippen molar-refractivity contribution in [2.75, 3.05) is 20.7 Å². The van der Waals surface area contributed by atoms with Crippen LogP contribution in [0, 0.1) is 0 Å². The van der Waals surface area contributed by atoms with E-state index in [0.717, 1.165) is 17.8 Å². The number of rotatable bonds is 5. The second-order valence-corrected chi connectivity index (χ2v) is 3.85. The lowest BCUT2D eigenvalue weighted by Crippen LogP contribution is -2.27. The number of carbonyl (C=O) groups is 1. The van der Waals surface area contributed by atoms with Crippen LogP contribution in [0.4, 0.5) is 0 Å². The molecule has 0 unspecified atom stereocenters. The topological polar surface area (TPSA) is 47.4 Å². The fraction of sp³-hybridized carbons (Fsp3) is 0.636. The summed E-state index contributed by atoms with van der Waals surface area (Å²) in [6.07, 6.45) is 0.925. The lowest BCUT2D eigenvalue weighted by atomic mass is 10.3. The van der Waals surface area contributed by atoms with Crippen molar-refractivity contribution >= 4 is 5.97 Å². The fourth-order valence-electron chi connectivity index (χ4n) is 1.51. The van der Waals surface area contributed by atoms with Crippen LogP contribution >= 0.6 is 0 Å². The fourth-order valence-corrected chi connectivity index (χ4v) is 1.51. The first-order chi connectivity index (χ1) is 7.56. The molecule has 0 saturated heterocycles. The molecule has 0 aromatic carbocycles. The van der Waals surface area contributed by atoms with Crippen LogP contribution in [0.25, 0.3) is 0 Å². The van der Waals surface area contributed by atoms with Crippen LogP contribution in [0.2, 0.25) is 0 Å². The van der Waals surface area contributed by atoms with Gasteiger partial charge in [-0.05, 0) is 19.5 Å². The molecule has 1 aromatic heterocycles. The quantitative estimate of drug-likeness (QED) is 0.688. The summed E-state index contributed by atoms with van der Waals surface area (Å²) in [5, 5.41) is 4.36. The first-order valence-electron chi connectivity index (χ1n) is 5.34. The summed E-state index contributed by atoms with van der Waals surface area (Å²) in [6.45, 7) is 3.06. The van der Waals surface area contributed by atoms with E-state index in [4.69, 9.17) is 0 Å². The molecule has 1 aromatic rings. The van der Waals surface area contributed by atoms with Gasteiger partial charge >= 0.3 is 5.97 Å². The Kier molecular flexibility index (Phi) is 4.49. The number of hydrogen-bond acceptors (Lipinski definition) is 4. The van der Waals surface area contributed by atoms with E-state index in [9.17, 15) is 4.79 Å². The number of hydrogen-bond donors (Lipinski definition) is 0. The minimum Gasteiger partial charge on any atom is -0.468 e. The summed E-state index contributed by atoms with van der Waals surface area (Å²) in [4.78, 5) is 13.0. The third-order valence-electron chi connectivity index (χ3n) is 2.45. The van der Waals surface area contributed by atoms with Gasteiger partial charge in [0.1, 0.15) is 0 Å². The minimum atomic E-state index is -0.222. The zero-order chi connectivity index (χ0) is 12.1. The molecule has 5 nitrogen and oxygen atoms in total. The second-order valence-electron chi connectivity index (χ2n) is 3.85. The molecular formula is C11H19N3O2. The van der Waals surface area contributed by atoms with Gasteiger partial charge in [-0.2, -0.15) is 5.10 Å². The van der Waals surface area contributed by atoms with Gasteiger partial charge in [-0.3, -0.25) is 14.4 Å². The SMILES string of the molecule is CCc1cc(CN(C)CC(=O)OC)n(C)n1. The molecule has 16 heavy (non-hydrogen) atoms. The molecule has 90 valence electrons. The number of carbonyl (C=O) groups excluding carboxylic acids is 1. The Balaban J connectivity index is 2.58. The van der Waals surface area contributed by atoms with Gasteiger partial charge in [0.15, 0.2) is 0 Å². The summed E-state index contributed by atoms with van der Waals surface area (Å²) in [5.74, 6) is -0.222. The van der Waals surface area contributed by atoms with Gasteiger partial charge in [-0.25, -0.2) is 0 Å². The molecule has 5 heteroatoms. The van der Waals surface area contributed by atoms with E-state index < -0.39 is 0 Å². The highest BCUT2D eigenvalue weighted by Gasteiger charge is 2.10. The Bertz CT molecular complexity index is 360. The Hall–Kier alpha value is -1.36. The van der Waals surface area contributed by atoms with Crippen molar-refractivity contribution in [2.24, 2.45) is 7.05 Å². The van der Waals surface area contributed by atoms with Crippen molar-refractivity contribution in [1.82, 2.24) is 14.7 Å². The maximum absolute atomic E-state index is 11.1. The van der Waals surface area contributed by atoms with Gasteiger partial charge in [0.25, 0.3) is 0 Å². The molecule has 0 radical (unpaired) electrons. The van der Waals surface area contributed by atoms with Crippen molar-refractivity contribution < 1.29 is 9.53 Å². The number of nitrogens with zero attached hydrogens (tertiary/aromatic N) is 3. The number of aromatic nitrogens is 2. The second kappa shape index (κ2) is 5.65. The first-order valence-corrected chi connectivity index (χ1v) is 5.34.